The number of para-hydroxylation sites is 1. The van der Waals surface area contributed by atoms with Gasteiger partial charge in [-0.1, -0.05) is 30.3 Å². The van der Waals surface area contributed by atoms with Crippen molar-refractivity contribution in [3.8, 4) is 0 Å². The molecular weight excluding hydrogens is 396 g/mol. The SMILES string of the molecule is O=C1Cc2cc(C(=O)COC(=O)c3ccccc3NC(=O)c3ccccc3)ccc2N1. The normalized spacial score (nSPS) is 11.9. The van der Waals surface area contributed by atoms with Gasteiger partial charge in [-0.05, 0) is 48.0 Å². The number of anilines is 2. The Hall–Kier alpha value is -4.26. The largest absolute Gasteiger partial charge is 0.454 e. The van der Waals surface area contributed by atoms with Crippen LogP contribution in [0.5, 0.6) is 0 Å². The molecule has 2 amide bonds. The highest BCUT2D eigenvalue weighted by Crippen LogP contribution is 2.24. The van der Waals surface area contributed by atoms with E-state index in [2.05, 4.69) is 10.6 Å². The van der Waals surface area contributed by atoms with Gasteiger partial charge >= 0.3 is 5.97 Å². The lowest BCUT2D eigenvalue weighted by molar-refractivity contribution is -0.115. The Balaban J connectivity index is 1.42. The number of esters is 1. The summed E-state index contributed by atoms with van der Waals surface area (Å²) in [7, 11) is 0. The predicted octanol–water partition coefficient (Wildman–Crippen LogP) is 3.47. The van der Waals surface area contributed by atoms with Crippen LogP contribution in [-0.4, -0.2) is 30.2 Å². The Morgan fingerprint density at radius 1 is 0.903 bits per heavy atom. The maximum Gasteiger partial charge on any atom is 0.340 e. The average Bonchev–Trinajstić information content (AvgIpc) is 3.17. The lowest BCUT2D eigenvalue weighted by Gasteiger charge is -2.11. The van der Waals surface area contributed by atoms with Crippen molar-refractivity contribution in [3.63, 3.8) is 0 Å². The summed E-state index contributed by atoms with van der Waals surface area (Å²) >= 11 is 0. The maximum atomic E-state index is 12.6. The van der Waals surface area contributed by atoms with E-state index in [1.807, 2.05) is 0 Å². The summed E-state index contributed by atoms with van der Waals surface area (Å²) in [4.78, 5) is 48.9. The van der Waals surface area contributed by atoms with Gasteiger partial charge < -0.3 is 15.4 Å². The lowest BCUT2D eigenvalue weighted by Crippen LogP contribution is -2.18. The number of rotatable bonds is 6. The van der Waals surface area contributed by atoms with E-state index < -0.39 is 12.6 Å². The van der Waals surface area contributed by atoms with E-state index in [4.69, 9.17) is 4.74 Å². The number of ketones is 1. The summed E-state index contributed by atoms with van der Waals surface area (Å²) in [6.07, 6.45) is 0.213. The molecule has 0 spiro atoms. The molecule has 0 bridgehead atoms. The average molecular weight is 414 g/mol. The van der Waals surface area contributed by atoms with Gasteiger partial charge in [0, 0.05) is 16.8 Å². The van der Waals surface area contributed by atoms with Gasteiger partial charge in [0.1, 0.15) is 0 Å². The third-order valence-electron chi connectivity index (χ3n) is 4.82. The Kier molecular flexibility index (Phi) is 5.57. The molecule has 0 atom stereocenters. The minimum absolute atomic E-state index is 0.125. The summed E-state index contributed by atoms with van der Waals surface area (Å²) in [6.45, 7) is -0.458. The highest BCUT2D eigenvalue weighted by atomic mass is 16.5. The van der Waals surface area contributed by atoms with Crippen molar-refractivity contribution >= 4 is 34.9 Å². The van der Waals surface area contributed by atoms with Gasteiger partial charge in [-0.3, -0.25) is 14.4 Å². The number of hydrogen-bond acceptors (Lipinski definition) is 5. The van der Waals surface area contributed by atoms with Crippen LogP contribution in [-0.2, 0) is 16.0 Å². The highest BCUT2D eigenvalue weighted by molar-refractivity contribution is 6.08. The molecule has 31 heavy (non-hydrogen) atoms. The molecule has 1 heterocycles. The molecule has 7 nitrogen and oxygen atoms in total. The zero-order valence-electron chi connectivity index (χ0n) is 16.4. The topological polar surface area (TPSA) is 102 Å². The Morgan fingerprint density at radius 2 is 1.65 bits per heavy atom. The van der Waals surface area contributed by atoms with Crippen molar-refractivity contribution in [1.82, 2.24) is 0 Å². The maximum absolute atomic E-state index is 12.6. The number of benzene rings is 3. The quantitative estimate of drug-likeness (QED) is 0.475. The Labute approximate surface area is 178 Å². The minimum Gasteiger partial charge on any atom is -0.454 e. The lowest BCUT2D eigenvalue weighted by atomic mass is 10.1. The summed E-state index contributed by atoms with van der Waals surface area (Å²) in [5.41, 5.74) is 2.65. The third kappa shape index (κ3) is 4.51. The number of amides is 2. The molecule has 154 valence electrons. The van der Waals surface area contributed by atoms with E-state index in [1.165, 1.54) is 6.07 Å². The van der Waals surface area contributed by atoms with Gasteiger partial charge in [0.25, 0.3) is 5.91 Å². The number of ether oxygens (including phenoxy) is 1. The van der Waals surface area contributed by atoms with E-state index in [-0.39, 0.29) is 35.3 Å². The van der Waals surface area contributed by atoms with Crippen molar-refractivity contribution < 1.29 is 23.9 Å². The molecule has 0 fully saturated rings. The van der Waals surface area contributed by atoms with E-state index in [0.29, 0.717) is 16.8 Å². The molecule has 3 aromatic carbocycles. The number of Topliss-reactive ketones (excluding diaryl/α,β-unsaturated/α-hetero) is 1. The predicted molar refractivity (Wildman–Crippen MR) is 114 cm³/mol. The molecule has 0 radical (unpaired) electrons. The first-order valence-corrected chi connectivity index (χ1v) is 9.60. The second kappa shape index (κ2) is 8.62. The first-order chi connectivity index (χ1) is 15.0. The number of fused-ring (bicyclic) bond motifs is 1. The summed E-state index contributed by atoms with van der Waals surface area (Å²) < 4.78 is 5.19. The fourth-order valence-electron chi connectivity index (χ4n) is 3.25. The molecule has 2 N–H and O–H groups in total. The minimum atomic E-state index is -0.727. The van der Waals surface area contributed by atoms with Crippen LogP contribution in [0.25, 0.3) is 0 Å². The third-order valence-corrected chi connectivity index (χ3v) is 4.82. The molecule has 1 aliphatic heterocycles. The van der Waals surface area contributed by atoms with Gasteiger partial charge in [0.15, 0.2) is 12.4 Å². The number of carbonyl (C=O) groups is 4. The van der Waals surface area contributed by atoms with Gasteiger partial charge in [-0.15, -0.1) is 0 Å². The fourth-order valence-corrected chi connectivity index (χ4v) is 3.25. The van der Waals surface area contributed by atoms with Gasteiger partial charge in [-0.2, -0.15) is 0 Å². The molecule has 3 aromatic rings. The molecule has 0 saturated heterocycles. The molecule has 0 unspecified atom stereocenters. The molecule has 0 aliphatic carbocycles. The fraction of sp³-hybridized carbons (Fsp3) is 0.0833. The van der Waals surface area contributed by atoms with Crippen LogP contribution in [0.3, 0.4) is 0 Å². The molecule has 7 heteroatoms. The van der Waals surface area contributed by atoms with E-state index in [1.54, 1.807) is 66.7 Å². The van der Waals surface area contributed by atoms with Crippen LogP contribution in [0.15, 0.2) is 72.8 Å². The van der Waals surface area contributed by atoms with Crippen LogP contribution < -0.4 is 10.6 Å². The standard InChI is InChI=1S/C24H18N2O5/c27-21(16-10-11-19-17(12-16)13-22(28)25-19)14-31-24(30)18-8-4-5-9-20(18)26-23(29)15-6-2-1-3-7-15/h1-12H,13-14H2,(H,25,28)(H,26,29). The smallest absolute Gasteiger partial charge is 0.340 e. The first kappa shape index (κ1) is 20.0. The van der Waals surface area contributed by atoms with Crippen LogP contribution in [0.2, 0.25) is 0 Å². The monoisotopic (exact) mass is 414 g/mol. The zero-order chi connectivity index (χ0) is 21.8. The molecule has 0 aromatic heterocycles. The number of nitrogens with one attached hydrogen (secondary N) is 2. The molecule has 4 rings (SSSR count). The van der Waals surface area contributed by atoms with Crippen molar-refractivity contribution in [2.45, 2.75) is 6.42 Å². The Bertz CT molecular complexity index is 1190. The second-order valence-corrected chi connectivity index (χ2v) is 6.96. The number of hydrogen-bond donors (Lipinski definition) is 2. The molecular formula is C24H18N2O5. The van der Waals surface area contributed by atoms with Crippen LogP contribution in [0, 0.1) is 0 Å². The van der Waals surface area contributed by atoms with E-state index in [9.17, 15) is 19.2 Å². The van der Waals surface area contributed by atoms with Gasteiger partial charge in [-0.25, -0.2) is 4.79 Å². The van der Waals surface area contributed by atoms with Crippen molar-refractivity contribution in [3.05, 3.63) is 95.1 Å². The van der Waals surface area contributed by atoms with Gasteiger partial charge in [0.05, 0.1) is 17.7 Å². The highest BCUT2D eigenvalue weighted by Gasteiger charge is 2.21. The summed E-state index contributed by atoms with van der Waals surface area (Å²) in [6, 6.07) is 19.9. The summed E-state index contributed by atoms with van der Waals surface area (Å²) in [5.74, 6) is -1.60. The van der Waals surface area contributed by atoms with Crippen molar-refractivity contribution in [2.75, 3.05) is 17.2 Å². The first-order valence-electron chi connectivity index (χ1n) is 9.60. The van der Waals surface area contributed by atoms with Crippen molar-refractivity contribution in [1.29, 1.82) is 0 Å². The van der Waals surface area contributed by atoms with Crippen LogP contribution >= 0.6 is 0 Å². The van der Waals surface area contributed by atoms with Crippen LogP contribution in [0.1, 0.15) is 36.6 Å². The van der Waals surface area contributed by atoms with Gasteiger partial charge in [0.2, 0.25) is 5.91 Å². The number of carbonyl (C=O) groups excluding carboxylic acids is 4. The van der Waals surface area contributed by atoms with E-state index in [0.717, 1.165) is 5.56 Å². The second-order valence-electron chi connectivity index (χ2n) is 6.96. The molecule has 0 saturated carbocycles. The van der Waals surface area contributed by atoms with Crippen molar-refractivity contribution in [2.24, 2.45) is 0 Å². The van der Waals surface area contributed by atoms with Crippen LogP contribution in [0.4, 0.5) is 11.4 Å². The van der Waals surface area contributed by atoms with E-state index >= 15 is 0 Å². The zero-order valence-corrected chi connectivity index (χ0v) is 16.4. The summed E-state index contributed by atoms with van der Waals surface area (Å²) in [5, 5.41) is 5.39. The molecule has 1 aliphatic rings. The Morgan fingerprint density at radius 3 is 2.45 bits per heavy atom.